The Balaban J connectivity index is 2.85. The summed E-state index contributed by atoms with van der Waals surface area (Å²) in [6.45, 7) is 7.48. The molecule has 1 unspecified atom stereocenters. The summed E-state index contributed by atoms with van der Waals surface area (Å²) in [5.41, 5.74) is 1.68. The number of nitrogens with zero attached hydrogens (tertiary/aromatic N) is 1. The van der Waals surface area contributed by atoms with E-state index in [9.17, 15) is 0 Å². The molecule has 1 atom stereocenters. The molecule has 0 aromatic carbocycles. The number of rotatable bonds is 2. The zero-order chi connectivity index (χ0) is 8.97. The fourth-order valence-corrected chi connectivity index (χ4v) is 1.56. The average Bonchev–Trinajstić information content (AvgIpc) is 2.16. The van der Waals surface area contributed by atoms with Gasteiger partial charge >= 0.3 is 0 Å². The molecule has 0 spiro atoms. The van der Waals surface area contributed by atoms with Gasteiger partial charge in [-0.25, -0.2) is 0 Å². The van der Waals surface area contributed by atoms with Crippen molar-refractivity contribution in [2.75, 3.05) is 0 Å². The van der Waals surface area contributed by atoms with Crippen LogP contribution in [0.2, 0.25) is 0 Å². The van der Waals surface area contributed by atoms with Gasteiger partial charge in [-0.3, -0.25) is 0 Å². The summed E-state index contributed by atoms with van der Waals surface area (Å²) in [5, 5.41) is 8.68. The van der Waals surface area contributed by atoms with Crippen molar-refractivity contribution in [3.05, 3.63) is 36.5 Å². The lowest BCUT2D eigenvalue weighted by atomic mass is 9.84. The SMILES string of the molecule is C=CC1CCCC=C1C(=C)C#N. The monoisotopic (exact) mass is 159 g/mol. The van der Waals surface area contributed by atoms with Crippen molar-refractivity contribution in [2.24, 2.45) is 5.92 Å². The second-order valence-electron chi connectivity index (χ2n) is 3.02. The second-order valence-corrected chi connectivity index (χ2v) is 3.02. The fraction of sp³-hybridized carbons (Fsp3) is 0.364. The van der Waals surface area contributed by atoms with Crippen LogP contribution in [0.25, 0.3) is 0 Å². The van der Waals surface area contributed by atoms with Crippen LogP contribution < -0.4 is 0 Å². The highest BCUT2D eigenvalue weighted by atomic mass is 14.3. The van der Waals surface area contributed by atoms with Crippen LogP contribution in [-0.4, -0.2) is 0 Å². The summed E-state index contributed by atoms with van der Waals surface area (Å²) in [5.74, 6) is 0.353. The van der Waals surface area contributed by atoms with Gasteiger partial charge in [-0.1, -0.05) is 18.7 Å². The first-order valence-corrected chi connectivity index (χ1v) is 4.21. The molecule has 0 amide bonds. The predicted molar refractivity (Wildman–Crippen MR) is 50.4 cm³/mol. The van der Waals surface area contributed by atoms with E-state index in [0.29, 0.717) is 11.5 Å². The van der Waals surface area contributed by atoms with Gasteiger partial charge < -0.3 is 0 Å². The predicted octanol–water partition coefficient (Wildman–Crippen LogP) is 2.98. The van der Waals surface area contributed by atoms with Gasteiger partial charge in [-0.05, 0) is 24.8 Å². The van der Waals surface area contributed by atoms with E-state index in [2.05, 4.69) is 25.3 Å². The second kappa shape index (κ2) is 3.92. The highest BCUT2D eigenvalue weighted by Crippen LogP contribution is 2.29. The van der Waals surface area contributed by atoms with E-state index in [1.54, 1.807) is 0 Å². The Morgan fingerprint density at radius 3 is 3.08 bits per heavy atom. The Morgan fingerprint density at radius 2 is 2.50 bits per heavy atom. The number of nitriles is 1. The molecule has 1 aliphatic rings. The molecule has 12 heavy (non-hydrogen) atoms. The lowest BCUT2D eigenvalue weighted by Gasteiger charge is -2.19. The molecule has 0 saturated heterocycles. The first-order valence-electron chi connectivity index (χ1n) is 4.21. The Bertz CT molecular complexity index is 265. The summed E-state index contributed by atoms with van der Waals surface area (Å²) >= 11 is 0. The molecule has 0 heterocycles. The molecule has 1 heteroatoms. The van der Waals surface area contributed by atoms with Crippen molar-refractivity contribution in [1.29, 1.82) is 5.26 Å². The van der Waals surface area contributed by atoms with Gasteiger partial charge in [0.15, 0.2) is 0 Å². The van der Waals surface area contributed by atoms with Crippen molar-refractivity contribution in [2.45, 2.75) is 19.3 Å². The molecule has 0 aromatic heterocycles. The molecule has 0 saturated carbocycles. The average molecular weight is 159 g/mol. The zero-order valence-corrected chi connectivity index (χ0v) is 7.21. The van der Waals surface area contributed by atoms with Gasteiger partial charge in [0.05, 0.1) is 6.07 Å². The maximum atomic E-state index is 8.68. The quantitative estimate of drug-likeness (QED) is 0.449. The van der Waals surface area contributed by atoms with Crippen molar-refractivity contribution in [3.8, 4) is 6.07 Å². The summed E-state index contributed by atoms with van der Waals surface area (Å²) in [6.07, 6.45) is 7.39. The normalized spacial score (nSPS) is 22.2. The molecule has 0 aliphatic heterocycles. The first kappa shape index (κ1) is 8.80. The Labute approximate surface area is 73.7 Å². The van der Waals surface area contributed by atoms with Crippen molar-refractivity contribution in [3.63, 3.8) is 0 Å². The highest BCUT2D eigenvalue weighted by molar-refractivity contribution is 5.43. The van der Waals surface area contributed by atoms with E-state index in [0.717, 1.165) is 18.4 Å². The van der Waals surface area contributed by atoms with Crippen LogP contribution in [0.3, 0.4) is 0 Å². The summed E-state index contributed by atoms with van der Waals surface area (Å²) in [4.78, 5) is 0. The van der Waals surface area contributed by atoms with Crippen LogP contribution in [0.15, 0.2) is 36.5 Å². The maximum absolute atomic E-state index is 8.68. The Kier molecular flexibility index (Phi) is 2.88. The van der Waals surface area contributed by atoms with Crippen LogP contribution in [0, 0.1) is 17.2 Å². The molecule has 1 rings (SSSR count). The molecule has 1 nitrogen and oxygen atoms in total. The zero-order valence-electron chi connectivity index (χ0n) is 7.21. The van der Waals surface area contributed by atoms with E-state index < -0.39 is 0 Å². The van der Waals surface area contributed by atoms with Crippen LogP contribution in [0.4, 0.5) is 0 Å². The molecule has 1 aliphatic carbocycles. The van der Waals surface area contributed by atoms with E-state index in [1.807, 2.05) is 6.08 Å². The fourth-order valence-electron chi connectivity index (χ4n) is 1.56. The van der Waals surface area contributed by atoms with Crippen LogP contribution in [0.5, 0.6) is 0 Å². The van der Waals surface area contributed by atoms with Gasteiger partial charge in [-0.15, -0.1) is 6.58 Å². The summed E-state index contributed by atoms with van der Waals surface area (Å²) < 4.78 is 0. The molecule has 0 bridgehead atoms. The Hall–Kier alpha value is -1.29. The summed E-state index contributed by atoms with van der Waals surface area (Å²) in [7, 11) is 0. The molecule has 0 aromatic rings. The summed E-state index contributed by atoms with van der Waals surface area (Å²) in [6, 6.07) is 2.09. The minimum atomic E-state index is 0.353. The van der Waals surface area contributed by atoms with Crippen LogP contribution in [-0.2, 0) is 0 Å². The van der Waals surface area contributed by atoms with E-state index in [1.165, 1.54) is 6.42 Å². The highest BCUT2D eigenvalue weighted by Gasteiger charge is 2.16. The number of hydrogen-bond donors (Lipinski definition) is 0. The third-order valence-electron chi connectivity index (χ3n) is 2.25. The van der Waals surface area contributed by atoms with Crippen molar-refractivity contribution >= 4 is 0 Å². The Morgan fingerprint density at radius 1 is 1.75 bits per heavy atom. The van der Waals surface area contributed by atoms with E-state index in [4.69, 9.17) is 5.26 Å². The molecule has 0 N–H and O–H groups in total. The van der Waals surface area contributed by atoms with Gasteiger partial charge in [0, 0.05) is 11.5 Å². The third-order valence-corrected chi connectivity index (χ3v) is 2.25. The smallest absolute Gasteiger partial charge is 0.0988 e. The largest absolute Gasteiger partial charge is 0.192 e. The third kappa shape index (κ3) is 1.65. The van der Waals surface area contributed by atoms with Gasteiger partial charge in [0.25, 0.3) is 0 Å². The molecule has 0 radical (unpaired) electrons. The van der Waals surface area contributed by atoms with Crippen molar-refractivity contribution < 1.29 is 0 Å². The number of hydrogen-bond acceptors (Lipinski definition) is 1. The molecular weight excluding hydrogens is 146 g/mol. The molecule has 0 fully saturated rings. The first-order chi connectivity index (χ1) is 5.79. The standard InChI is InChI=1S/C11H13N/c1-3-10-6-4-5-7-11(10)9(2)8-12/h3,7,10H,1-2,4-6H2. The number of allylic oxidation sites excluding steroid dienone is 4. The lowest BCUT2D eigenvalue weighted by molar-refractivity contribution is 0.607. The van der Waals surface area contributed by atoms with Gasteiger partial charge in [0.2, 0.25) is 0 Å². The van der Waals surface area contributed by atoms with Crippen LogP contribution >= 0.6 is 0 Å². The van der Waals surface area contributed by atoms with E-state index in [-0.39, 0.29) is 0 Å². The van der Waals surface area contributed by atoms with Crippen LogP contribution in [0.1, 0.15) is 19.3 Å². The minimum absolute atomic E-state index is 0.353. The molecule has 62 valence electrons. The lowest BCUT2D eigenvalue weighted by Crippen LogP contribution is -2.06. The molecular formula is C11H13N. The van der Waals surface area contributed by atoms with Crippen molar-refractivity contribution in [1.82, 2.24) is 0 Å². The topological polar surface area (TPSA) is 23.8 Å². The minimum Gasteiger partial charge on any atom is -0.192 e. The van der Waals surface area contributed by atoms with Gasteiger partial charge in [0.1, 0.15) is 0 Å². The van der Waals surface area contributed by atoms with Gasteiger partial charge in [-0.2, -0.15) is 5.26 Å². The maximum Gasteiger partial charge on any atom is 0.0988 e. The van der Waals surface area contributed by atoms with E-state index >= 15 is 0 Å².